The number of benzene rings is 1. The molecule has 0 saturated heterocycles. The van der Waals surface area contributed by atoms with Crippen molar-refractivity contribution in [3.05, 3.63) is 55.8 Å². The van der Waals surface area contributed by atoms with E-state index in [-0.39, 0.29) is 11.3 Å². The van der Waals surface area contributed by atoms with Crippen LogP contribution < -0.4 is 21.3 Å². The lowest BCUT2D eigenvalue weighted by Gasteiger charge is -2.10. The van der Waals surface area contributed by atoms with Crippen molar-refractivity contribution in [1.29, 1.82) is 0 Å². The van der Waals surface area contributed by atoms with Crippen molar-refractivity contribution in [3.8, 4) is 5.75 Å². The number of carbonyl (C=O) groups is 1. The zero-order valence-electron chi connectivity index (χ0n) is 11.0. The molecule has 1 aromatic heterocycles. The zero-order chi connectivity index (χ0) is 15.4. The predicted molar refractivity (Wildman–Crippen MR) is 78.3 cm³/mol. The Morgan fingerprint density at radius 1 is 1.38 bits per heavy atom. The minimum Gasteiger partial charge on any atom is -0.493 e. The highest BCUT2D eigenvalue weighted by Crippen LogP contribution is 2.24. The van der Waals surface area contributed by atoms with E-state index in [4.69, 9.17) is 16.3 Å². The van der Waals surface area contributed by atoms with Crippen molar-refractivity contribution >= 4 is 23.2 Å². The molecule has 7 nitrogen and oxygen atoms in total. The van der Waals surface area contributed by atoms with E-state index >= 15 is 0 Å². The number of anilines is 1. The summed E-state index contributed by atoms with van der Waals surface area (Å²) in [4.78, 5) is 38.9. The van der Waals surface area contributed by atoms with Crippen LogP contribution in [0.4, 0.5) is 5.69 Å². The third kappa shape index (κ3) is 3.51. The average Bonchev–Trinajstić information content (AvgIpc) is 2.42. The topological polar surface area (TPSA) is 104 Å². The van der Waals surface area contributed by atoms with Crippen molar-refractivity contribution < 1.29 is 9.53 Å². The molecule has 0 spiro atoms. The van der Waals surface area contributed by atoms with Crippen LogP contribution in [0.15, 0.2) is 34.0 Å². The van der Waals surface area contributed by atoms with Gasteiger partial charge in [-0.05, 0) is 25.1 Å². The van der Waals surface area contributed by atoms with Gasteiger partial charge in [0.1, 0.15) is 11.4 Å². The van der Waals surface area contributed by atoms with E-state index < -0.39 is 17.2 Å². The van der Waals surface area contributed by atoms with Crippen LogP contribution in [0.1, 0.15) is 17.3 Å². The van der Waals surface area contributed by atoms with Crippen molar-refractivity contribution in [3.63, 3.8) is 0 Å². The Kier molecular flexibility index (Phi) is 4.44. The summed E-state index contributed by atoms with van der Waals surface area (Å²) in [5.41, 5.74) is -1.19. The van der Waals surface area contributed by atoms with Crippen LogP contribution in [0.2, 0.25) is 5.02 Å². The van der Waals surface area contributed by atoms with E-state index in [1.165, 1.54) is 18.2 Å². The first-order valence-corrected chi connectivity index (χ1v) is 6.44. The molecule has 110 valence electrons. The SMILES string of the molecule is CCOc1cc(Cl)ccc1C(=O)Nc1c[nH]c(=O)[nH]c1=O. The highest BCUT2D eigenvalue weighted by atomic mass is 35.5. The number of ether oxygens (including phenoxy) is 1. The minimum absolute atomic E-state index is 0.0722. The number of carbonyl (C=O) groups excluding carboxylic acids is 1. The molecule has 0 aliphatic heterocycles. The lowest BCUT2D eigenvalue weighted by atomic mass is 10.2. The third-order valence-corrected chi connectivity index (χ3v) is 2.79. The summed E-state index contributed by atoms with van der Waals surface area (Å²) in [7, 11) is 0. The van der Waals surface area contributed by atoms with E-state index in [2.05, 4.69) is 10.3 Å². The summed E-state index contributed by atoms with van der Waals surface area (Å²) in [6.07, 6.45) is 1.12. The molecule has 0 saturated carbocycles. The van der Waals surface area contributed by atoms with E-state index in [0.717, 1.165) is 6.20 Å². The fraction of sp³-hybridized carbons (Fsp3) is 0.154. The van der Waals surface area contributed by atoms with Crippen LogP contribution in [-0.2, 0) is 0 Å². The molecule has 0 atom stereocenters. The zero-order valence-corrected chi connectivity index (χ0v) is 11.8. The number of H-pyrrole nitrogens is 2. The first-order valence-electron chi connectivity index (χ1n) is 6.07. The Labute approximate surface area is 123 Å². The molecule has 0 fully saturated rings. The number of rotatable bonds is 4. The maximum atomic E-state index is 12.2. The van der Waals surface area contributed by atoms with Crippen LogP contribution in [0.5, 0.6) is 5.75 Å². The Balaban J connectivity index is 2.32. The number of nitrogens with one attached hydrogen (secondary N) is 3. The maximum Gasteiger partial charge on any atom is 0.325 e. The number of hydrogen-bond donors (Lipinski definition) is 3. The summed E-state index contributed by atoms with van der Waals surface area (Å²) >= 11 is 5.85. The largest absolute Gasteiger partial charge is 0.493 e. The molecule has 21 heavy (non-hydrogen) atoms. The minimum atomic E-state index is -0.695. The monoisotopic (exact) mass is 309 g/mol. The first kappa shape index (κ1) is 14.9. The summed E-state index contributed by atoms with van der Waals surface area (Å²) in [5, 5.41) is 2.82. The van der Waals surface area contributed by atoms with Gasteiger partial charge in [-0.2, -0.15) is 0 Å². The van der Waals surface area contributed by atoms with Gasteiger partial charge in [0.05, 0.1) is 12.2 Å². The lowest BCUT2D eigenvalue weighted by Crippen LogP contribution is -2.26. The van der Waals surface area contributed by atoms with Gasteiger partial charge >= 0.3 is 5.69 Å². The average molecular weight is 310 g/mol. The van der Waals surface area contributed by atoms with Crippen LogP contribution in [0.25, 0.3) is 0 Å². The first-order chi connectivity index (χ1) is 10.0. The number of aromatic nitrogens is 2. The molecule has 1 heterocycles. The third-order valence-electron chi connectivity index (χ3n) is 2.56. The Hall–Kier alpha value is -2.54. The summed E-state index contributed by atoms with van der Waals surface area (Å²) in [6, 6.07) is 4.54. The molecule has 0 bridgehead atoms. The lowest BCUT2D eigenvalue weighted by molar-refractivity contribution is 0.102. The molecule has 3 N–H and O–H groups in total. The quantitative estimate of drug-likeness (QED) is 0.793. The normalized spacial score (nSPS) is 10.2. The van der Waals surface area contributed by atoms with Gasteiger partial charge in [0.25, 0.3) is 11.5 Å². The molecule has 0 radical (unpaired) electrons. The van der Waals surface area contributed by atoms with Gasteiger partial charge < -0.3 is 15.0 Å². The Bertz CT molecular complexity index is 781. The summed E-state index contributed by atoms with van der Waals surface area (Å²) in [6.45, 7) is 2.13. The number of halogens is 1. The molecule has 1 aromatic carbocycles. The van der Waals surface area contributed by atoms with Crippen molar-refractivity contribution in [1.82, 2.24) is 9.97 Å². The van der Waals surface area contributed by atoms with Crippen LogP contribution >= 0.6 is 11.6 Å². The Morgan fingerprint density at radius 2 is 2.14 bits per heavy atom. The van der Waals surface area contributed by atoms with Crippen LogP contribution in [-0.4, -0.2) is 22.5 Å². The number of aromatic amines is 2. The molecular weight excluding hydrogens is 298 g/mol. The fourth-order valence-corrected chi connectivity index (χ4v) is 1.81. The van der Waals surface area contributed by atoms with Crippen molar-refractivity contribution in [2.45, 2.75) is 6.92 Å². The van der Waals surface area contributed by atoms with Gasteiger partial charge in [-0.15, -0.1) is 0 Å². The smallest absolute Gasteiger partial charge is 0.325 e. The molecule has 0 unspecified atom stereocenters. The van der Waals surface area contributed by atoms with Crippen LogP contribution in [0.3, 0.4) is 0 Å². The molecule has 0 aliphatic rings. The van der Waals surface area contributed by atoms with Crippen molar-refractivity contribution in [2.24, 2.45) is 0 Å². The van der Waals surface area contributed by atoms with E-state index in [9.17, 15) is 14.4 Å². The summed E-state index contributed by atoms with van der Waals surface area (Å²) in [5.74, 6) is -0.240. The predicted octanol–water partition coefficient (Wildman–Crippen LogP) is 1.37. The molecule has 2 rings (SSSR count). The highest BCUT2D eigenvalue weighted by Gasteiger charge is 2.14. The molecule has 1 amide bonds. The van der Waals surface area contributed by atoms with E-state index in [1.54, 1.807) is 6.92 Å². The summed E-state index contributed by atoms with van der Waals surface area (Å²) < 4.78 is 5.34. The molecule has 2 aromatic rings. The highest BCUT2D eigenvalue weighted by molar-refractivity contribution is 6.31. The maximum absolute atomic E-state index is 12.2. The standard InChI is InChI=1S/C13H12ClN3O4/c1-2-21-10-5-7(14)3-4-8(10)11(18)16-9-6-15-13(20)17-12(9)19/h3-6H,2H2,1H3,(H,16,18)(H2,15,17,19,20). The van der Waals surface area contributed by atoms with Crippen LogP contribution in [0, 0.1) is 0 Å². The molecular formula is C13H12ClN3O4. The van der Waals surface area contributed by atoms with Gasteiger partial charge in [-0.25, -0.2) is 4.79 Å². The molecule has 0 aliphatic carbocycles. The fourth-order valence-electron chi connectivity index (χ4n) is 1.65. The van der Waals surface area contributed by atoms with Gasteiger partial charge in [-0.3, -0.25) is 14.6 Å². The van der Waals surface area contributed by atoms with Crippen molar-refractivity contribution in [2.75, 3.05) is 11.9 Å². The van der Waals surface area contributed by atoms with E-state index in [0.29, 0.717) is 17.4 Å². The second-order valence-electron chi connectivity index (χ2n) is 4.01. The van der Waals surface area contributed by atoms with Gasteiger partial charge in [0.15, 0.2) is 0 Å². The van der Waals surface area contributed by atoms with Gasteiger partial charge in [-0.1, -0.05) is 11.6 Å². The number of hydrogen-bond acceptors (Lipinski definition) is 4. The second-order valence-corrected chi connectivity index (χ2v) is 4.45. The van der Waals surface area contributed by atoms with Gasteiger partial charge in [0.2, 0.25) is 0 Å². The molecule has 8 heteroatoms. The number of amides is 1. The van der Waals surface area contributed by atoms with Gasteiger partial charge in [0, 0.05) is 11.2 Å². The van der Waals surface area contributed by atoms with E-state index in [1.807, 2.05) is 4.98 Å². The second kappa shape index (κ2) is 6.27. The Morgan fingerprint density at radius 3 is 2.81 bits per heavy atom.